The zero-order valence-corrected chi connectivity index (χ0v) is 16.4. The molecule has 156 valence electrons. The number of nitrogens with zero attached hydrogens (tertiary/aromatic N) is 3. The molecular formula is C22H19N5O4. The molecule has 0 aliphatic rings. The Bertz CT molecular complexity index is 1320. The maximum Gasteiger partial charge on any atom is 0.350 e. The van der Waals surface area contributed by atoms with Gasteiger partial charge in [0.15, 0.2) is 12.3 Å². The third kappa shape index (κ3) is 4.61. The van der Waals surface area contributed by atoms with Gasteiger partial charge >= 0.3 is 5.69 Å². The summed E-state index contributed by atoms with van der Waals surface area (Å²) < 4.78 is 8.26. The van der Waals surface area contributed by atoms with Crippen LogP contribution in [0.1, 0.15) is 15.9 Å². The number of primary amides is 1. The summed E-state index contributed by atoms with van der Waals surface area (Å²) in [7, 11) is 0. The van der Waals surface area contributed by atoms with E-state index in [1.807, 2.05) is 12.1 Å². The van der Waals surface area contributed by atoms with Crippen LogP contribution in [0.15, 0.2) is 77.7 Å². The molecule has 0 unspecified atom stereocenters. The van der Waals surface area contributed by atoms with Crippen LogP contribution >= 0.6 is 0 Å². The smallest absolute Gasteiger partial charge is 0.350 e. The van der Waals surface area contributed by atoms with Crippen LogP contribution in [-0.2, 0) is 11.3 Å². The largest absolute Gasteiger partial charge is 0.484 e. The Hall–Kier alpha value is -4.40. The van der Waals surface area contributed by atoms with Gasteiger partial charge in [0.2, 0.25) is 5.91 Å². The molecule has 0 aliphatic carbocycles. The van der Waals surface area contributed by atoms with E-state index in [-0.39, 0.29) is 24.7 Å². The lowest BCUT2D eigenvalue weighted by Gasteiger charge is -2.09. The molecule has 9 nitrogen and oxygen atoms in total. The second-order valence-corrected chi connectivity index (χ2v) is 6.80. The Kier molecular flexibility index (Phi) is 5.48. The van der Waals surface area contributed by atoms with Gasteiger partial charge in [0.05, 0.1) is 6.54 Å². The lowest BCUT2D eigenvalue weighted by Crippen LogP contribution is -2.22. The monoisotopic (exact) mass is 417 g/mol. The van der Waals surface area contributed by atoms with Crippen molar-refractivity contribution in [3.63, 3.8) is 0 Å². The summed E-state index contributed by atoms with van der Waals surface area (Å²) in [5.41, 5.74) is 7.23. The summed E-state index contributed by atoms with van der Waals surface area (Å²) in [5.74, 6) is -0.575. The van der Waals surface area contributed by atoms with E-state index in [1.54, 1.807) is 54.7 Å². The molecule has 4 rings (SSSR count). The van der Waals surface area contributed by atoms with Crippen LogP contribution in [0.3, 0.4) is 0 Å². The van der Waals surface area contributed by atoms with E-state index in [4.69, 9.17) is 10.5 Å². The first-order chi connectivity index (χ1) is 15.0. The second-order valence-electron chi connectivity index (χ2n) is 6.80. The minimum Gasteiger partial charge on any atom is -0.484 e. The highest BCUT2D eigenvalue weighted by molar-refractivity contribution is 5.93. The SMILES string of the molecule is NC(=O)c1cccc(OCC(=O)Nc2cccc(Cn3nc4ccccn4c3=O)c2)c1. The number of nitrogens with two attached hydrogens (primary N) is 1. The van der Waals surface area contributed by atoms with E-state index in [0.717, 1.165) is 5.56 Å². The fraction of sp³-hybridized carbons (Fsp3) is 0.0909. The molecule has 2 aromatic carbocycles. The lowest BCUT2D eigenvalue weighted by atomic mass is 10.2. The van der Waals surface area contributed by atoms with Crippen LogP contribution < -0.4 is 21.5 Å². The molecule has 0 bridgehead atoms. The van der Waals surface area contributed by atoms with Gasteiger partial charge in [0.1, 0.15) is 5.75 Å². The van der Waals surface area contributed by atoms with E-state index in [1.165, 1.54) is 15.1 Å². The topological polar surface area (TPSA) is 121 Å². The van der Waals surface area contributed by atoms with Gasteiger partial charge < -0.3 is 15.8 Å². The second kappa shape index (κ2) is 8.54. The van der Waals surface area contributed by atoms with Gasteiger partial charge in [-0.05, 0) is 48.0 Å². The first-order valence-electron chi connectivity index (χ1n) is 9.45. The number of carbonyl (C=O) groups is 2. The van der Waals surface area contributed by atoms with E-state index in [0.29, 0.717) is 22.6 Å². The van der Waals surface area contributed by atoms with Gasteiger partial charge in [-0.15, -0.1) is 5.10 Å². The Morgan fingerprint density at radius 3 is 2.68 bits per heavy atom. The standard InChI is InChI=1S/C22H19N5O4/c23-21(29)16-6-4-8-18(12-16)31-14-20(28)24-17-7-3-5-15(11-17)13-27-22(30)26-10-2-1-9-19(26)25-27/h1-12H,13-14H2,(H2,23,29)(H,24,28). The van der Waals surface area contributed by atoms with Gasteiger partial charge in [-0.2, -0.15) is 0 Å². The number of carbonyl (C=O) groups excluding carboxylic acids is 2. The van der Waals surface area contributed by atoms with Crippen LogP contribution in [0.2, 0.25) is 0 Å². The van der Waals surface area contributed by atoms with Gasteiger partial charge in [-0.1, -0.05) is 24.3 Å². The van der Waals surface area contributed by atoms with E-state index in [2.05, 4.69) is 10.4 Å². The number of fused-ring (bicyclic) bond motifs is 1. The molecule has 0 spiro atoms. The highest BCUT2D eigenvalue weighted by atomic mass is 16.5. The van der Waals surface area contributed by atoms with Crippen molar-refractivity contribution in [2.75, 3.05) is 11.9 Å². The summed E-state index contributed by atoms with van der Waals surface area (Å²) in [6, 6.07) is 18.8. The van der Waals surface area contributed by atoms with Crippen LogP contribution in [0.25, 0.3) is 5.65 Å². The number of ether oxygens (including phenoxy) is 1. The van der Waals surface area contributed by atoms with Crippen LogP contribution in [0.5, 0.6) is 5.75 Å². The Balaban J connectivity index is 1.40. The lowest BCUT2D eigenvalue weighted by molar-refractivity contribution is -0.118. The maximum absolute atomic E-state index is 12.4. The Morgan fingerprint density at radius 2 is 1.87 bits per heavy atom. The highest BCUT2D eigenvalue weighted by Gasteiger charge is 2.09. The van der Waals surface area contributed by atoms with Crippen molar-refractivity contribution in [1.82, 2.24) is 14.2 Å². The minimum absolute atomic E-state index is 0.238. The van der Waals surface area contributed by atoms with Gasteiger partial charge in [-0.25, -0.2) is 9.48 Å². The van der Waals surface area contributed by atoms with Crippen molar-refractivity contribution < 1.29 is 14.3 Å². The fourth-order valence-corrected chi connectivity index (χ4v) is 3.08. The third-order valence-electron chi connectivity index (χ3n) is 4.52. The Labute approximate surface area is 176 Å². The number of nitrogens with one attached hydrogen (secondary N) is 1. The van der Waals surface area contributed by atoms with Crippen molar-refractivity contribution in [1.29, 1.82) is 0 Å². The average Bonchev–Trinajstić information content (AvgIpc) is 3.08. The molecule has 0 atom stereocenters. The van der Waals surface area contributed by atoms with Gasteiger partial charge in [-0.3, -0.25) is 14.0 Å². The first kappa shape index (κ1) is 19.9. The Morgan fingerprint density at radius 1 is 1.03 bits per heavy atom. The van der Waals surface area contributed by atoms with Gasteiger partial charge in [0.25, 0.3) is 5.91 Å². The van der Waals surface area contributed by atoms with Crippen molar-refractivity contribution in [2.24, 2.45) is 5.73 Å². The molecule has 2 heterocycles. The zero-order valence-electron chi connectivity index (χ0n) is 16.4. The molecule has 2 amide bonds. The number of hydrogen-bond donors (Lipinski definition) is 2. The molecule has 0 radical (unpaired) electrons. The normalized spacial score (nSPS) is 10.7. The summed E-state index contributed by atoms with van der Waals surface area (Å²) in [6.07, 6.45) is 1.66. The van der Waals surface area contributed by atoms with Crippen LogP contribution in [-0.4, -0.2) is 32.6 Å². The molecule has 4 aromatic rings. The number of pyridine rings is 1. The zero-order chi connectivity index (χ0) is 21.8. The number of benzene rings is 2. The highest BCUT2D eigenvalue weighted by Crippen LogP contribution is 2.14. The van der Waals surface area contributed by atoms with Crippen molar-refractivity contribution in [2.45, 2.75) is 6.54 Å². The number of amides is 2. The van der Waals surface area contributed by atoms with E-state index >= 15 is 0 Å². The molecule has 2 aromatic heterocycles. The first-order valence-corrected chi connectivity index (χ1v) is 9.45. The summed E-state index contributed by atoms with van der Waals surface area (Å²) >= 11 is 0. The fourth-order valence-electron chi connectivity index (χ4n) is 3.08. The maximum atomic E-state index is 12.4. The minimum atomic E-state index is -0.573. The molecule has 31 heavy (non-hydrogen) atoms. The summed E-state index contributed by atoms with van der Waals surface area (Å²) in [6.45, 7) is 0.0268. The molecular weight excluding hydrogens is 398 g/mol. The summed E-state index contributed by atoms with van der Waals surface area (Å²) in [5, 5.41) is 7.06. The predicted octanol–water partition coefficient (Wildman–Crippen LogP) is 1.66. The van der Waals surface area contributed by atoms with Crippen molar-refractivity contribution in [3.8, 4) is 5.75 Å². The average molecular weight is 417 g/mol. The predicted molar refractivity (Wildman–Crippen MR) is 114 cm³/mol. The molecule has 9 heteroatoms. The van der Waals surface area contributed by atoms with Crippen LogP contribution in [0.4, 0.5) is 5.69 Å². The molecule has 0 saturated heterocycles. The third-order valence-corrected chi connectivity index (χ3v) is 4.52. The van der Waals surface area contributed by atoms with E-state index < -0.39 is 5.91 Å². The van der Waals surface area contributed by atoms with Gasteiger partial charge in [0, 0.05) is 17.4 Å². The number of anilines is 1. The van der Waals surface area contributed by atoms with E-state index in [9.17, 15) is 14.4 Å². The van der Waals surface area contributed by atoms with Crippen LogP contribution in [0, 0.1) is 0 Å². The molecule has 3 N–H and O–H groups in total. The summed E-state index contributed by atoms with van der Waals surface area (Å²) in [4.78, 5) is 35.9. The molecule has 0 saturated carbocycles. The quantitative estimate of drug-likeness (QED) is 0.474. The number of hydrogen-bond acceptors (Lipinski definition) is 5. The number of rotatable bonds is 7. The molecule has 0 fully saturated rings. The number of aromatic nitrogens is 3. The van der Waals surface area contributed by atoms with Crippen molar-refractivity contribution >= 4 is 23.1 Å². The molecule has 0 aliphatic heterocycles. The van der Waals surface area contributed by atoms with Crippen molar-refractivity contribution in [3.05, 3.63) is 94.5 Å².